The number of aromatic hydroxyl groups is 1. The van der Waals surface area contributed by atoms with Crippen molar-refractivity contribution >= 4 is 35.0 Å². The summed E-state index contributed by atoms with van der Waals surface area (Å²) in [6.07, 6.45) is 2.08. The van der Waals surface area contributed by atoms with Gasteiger partial charge in [-0.25, -0.2) is 4.79 Å². The fourth-order valence-electron chi connectivity index (χ4n) is 6.62. The monoisotopic (exact) mass is 600 g/mol. The highest BCUT2D eigenvalue weighted by Crippen LogP contribution is 2.54. The molecule has 0 aromatic heterocycles. The summed E-state index contributed by atoms with van der Waals surface area (Å²) < 4.78 is 5.17. The van der Waals surface area contributed by atoms with Crippen LogP contribution in [-0.2, 0) is 32.1 Å². The van der Waals surface area contributed by atoms with E-state index in [0.717, 1.165) is 19.3 Å². The number of nitrogens with zero attached hydrogens (tertiary/aromatic N) is 2. The number of alkyl carbamates (subject to hydrolysis) is 1. The minimum absolute atomic E-state index is 0.00737. The number of nitrogens with two attached hydrogens (primary N) is 1. The number of primary amides is 1. The van der Waals surface area contributed by atoms with Crippen molar-refractivity contribution in [2.24, 2.45) is 17.6 Å². The van der Waals surface area contributed by atoms with Gasteiger partial charge in [-0.3, -0.25) is 19.3 Å². The number of carbonyl (C=O) groups is 4. The van der Waals surface area contributed by atoms with E-state index in [1.807, 2.05) is 6.92 Å². The first-order valence-corrected chi connectivity index (χ1v) is 14.3. The number of nitrogens with one attached hydrogen (secondary N) is 1. The van der Waals surface area contributed by atoms with Gasteiger partial charge in [0.2, 0.25) is 5.78 Å². The van der Waals surface area contributed by atoms with Crippen LogP contribution in [0.3, 0.4) is 0 Å². The maximum absolute atomic E-state index is 14.1. The van der Waals surface area contributed by atoms with Gasteiger partial charge in [0.05, 0.1) is 18.2 Å². The van der Waals surface area contributed by atoms with Crippen LogP contribution in [0.4, 0.5) is 10.5 Å². The summed E-state index contributed by atoms with van der Waals surface area (Å²) >= 11 is 0. The highest BCUT2D eigenvalue weighted by molar-refractivity contribution is 6.24. The van der Waals surface area contributed by atoms with Crippen LogP contribution >= 0.6 is 0 Å². The Balaban J connectivity index is 1.81. The SMILES string of the molecule is CCCCCOC(=O)NCc1cc(N(C)C)c2c(c1O)C(O)=C1C(=O)C3(O)C(O)=C(C(N)=O)C(=O)C(N(C)C)C3CC1C2. The van der Waals surface area contributed by atoms with Gasteiger partial charge in [-0.1, -0.05) is 19.8 Å². The van der Waals surface area contributed by atoms with Gasteiger partial charge >= 0.3 is 6.09 Å². The summed E-state index contributed by atoms with van der Waals surface area (Å²) in [5.41, 5.74) is 2.89. The van der Waals surface area contributed by atoms with Crippen molar-refractivity contribution in [3.8, 4) is 5.75 Å². The quantitative estimate of drug-likeness (QED) is 0.177. The summed E-state index contributed by atoms with van der Waals surface area (Å²) in [6, 6.07) is 0.514. The van der Waals surface area contributed by atoms with Crippen LogP contribution < -0.4 is 16.0 Å². The molecule has 1 aromatic carbocycles. The fourth-order valence-corrected chi connectivity index (χ4v) is 6.62. The first-order valence-electron chi connectivity index (χ1n) is 14.3. The number of aliphatic hydroxyl groups is 3. The number of aliphatic hydroxyl groups excluding tert-OH is 2. The Morgan fingerprint density at radius 1 is 1.14 bits per heavy atom. The lowest BCUT2D eigenvalue weighted by atomic mass is 9.57. The van der Waals surface area contributed by atoms with E-state index in [9.17, 15) is 39.6 Å². The standard InChI is InChI=1S/C30H40N4O9/c1-6-7-8-9-43-29(41)32-13-15-12-18(33(2)3)16-10-14-11-17-22(34(4)5)25(37)21(28(31)40)27(39)30(17,42)26(38)19(14)24(36)20(16)23(15)35/h12,14,17,22,35-36,39,42H,6-11,13H2,1-5H3,(H2,31,40)(H,32,41). The molecule has 13 heteroatoms. The number of carbonyl (C=O) groups excluding carboxylic acids is 4. The Hall–Kier alpha value is -4.10. The minimum Gasteiger partial charge on any atom is -0.508 e. The zero-order valence-electron chi connectivity index (χ0n) is 25.1. The molecule has 4 atom stereocenters. The molecule has 2 amide bonds. The predicted octanol–water partition coefficient (Wildman–Crippen LogP) is 1.45. The largest absolute Gasteiger partial charge is 0.508 e. The Morgan fingerprint density at radius 3 is 2.40 bits per heavy atom. The molecule has 3 aliphatic rings. The molecule has 43 heavy (non-hydrogen) atoms. The number of ketones is 2. The number of benzene rings is 1. The van der Waals surface area contributed by atoms with Crippen LogP contribution in [0.1, 0.15) is 49.3 Å². The van der Waals surface area contributed by atoms with E-state index in [2.05, 4.69) is 5.32 Å². The van der Waals surface area contributed by atoms with Gasteiger partial charge in [-0.15, -0.1) is 0 Å². The van der Waals surface area contributed by atoms with Gasteiger partial charge in [-0.05, 0) is 50.9 Å². The van der Waals surface area contributed by atoms with E-state index in [-0.39, 0.29) is 48.4 Å². The number of likely N-dealkylation sites (N-methyl/N-ethyl adjacent to an activating group) is 1. The van der Waals surface area contributed by atoms with Crippen molar-refractivity contribution in [1.82, 2.24) is 10.2 Å². The van der Waals surface area contributed by atoms with E-state index >= 15 is 0 Å². The van der Waals surface area contributed by atoms with Crippen LogP contribution in [0.2, 0.25) is 0 Å². The van der Waals surface area contributed by atoms with Crippen molar-refractivity contribution in [3.05, 3.63) is 39.7 Å². The number of ether oxygens (including phenoxy) is 1. The maximum atomic E-state index is 14.1. The molecule has 1 fully saturated rings. The Bertz CT molecular complexity index is 1430. The van der Waals surface area contributed by atoms with Crippen molar-refractivity contribution in [2.45, 2.75) is 57.2 Å². The zero-order chi connectivity index (χ0) is 32.0. The molecule has 1 saturated carbocycles. The van der Waals surface area contributed by atoms with Crippen molar-refractivity contribution in [1.29, 1.82) is 0 Å². The first kappa shape index (κ1) is 31.8. The summed E-state index contributed by atoms with van der Waals surface area (Å²) in [6.45, 7) is 2.14. The molecule has 1 aromatic rings. The average Bonchev–Trinajstić information content (AvgIpc) is 2.92. The number of hydrogen-bond donors (Lipinski definition) is 6. The molecule has 0 bridgehead atoms. The summed E-state index contributed by atoms with van der Waals surface area (Å²) in [5.74, 6) is -7.15. The number of phenols is 1. The lowest BCUT2D eigenvalue weighted by Gasteiger charge is -2.50. The lowest BCUT2D eigenvalue weighted by Crippen LogP contribution is -2.65. The zero-order valence-corrected chi connectivity index (χ0v) is 25.1. The van der Waals surface area contributed by atoms with E-state index in [1.54, 1.807) is 39.2 Å². The predicted molar refractivity (Wildman–Crippen MR) is 156 cm³/mol. The summed E-state index contributed by atoms with van der Waals surface area (Å²) in [7, 11) is 6.63. The van der Waals surface area contributed by atoms with Crippen LogP contribution in [0.5, 0.6) is 5.75 Å². The minimum atomic E-state index is -2.72. The number of rotatable bonds is 9. The molecule has 13 nitrogen and oxygen atoms in total. The smallest absolute Gasteiger partial charge is 0.407 e. The Kier molecular flexibility index (Phi) is 8.80. The Labute approximate surface area is 249 Å². The molecule has 7 N–H and O–H groups in total. The first-order chi connectivity index (χ1) is 20.2. The third kappa shape index (κ3) is 5.20. The molecule has 4 unspecified atom stereocenters. The van der Waals surface area contributed by atoms with E-state index < -0.39 is 64.1 Å². The lowest BCUT2D eigenvalue weighted by molar-refractivity contribution is -0.153. The molecule has 0 saturated heterocycles. The van der Waals surface area contributed by atoms with Gasteiger partial charge in [0.15, 0.2) is 11.4 Å². The van der Waals surface area contributed by atoms with Crippen LogP contribution in [0.15, 0.2) is 23.0 Å². The summed E-state index contributed by atoms with van der Waals surface area (Å²) in [4.78, 5) is 54.9. The summed E-state index contributed by atoms with van der Waals surface area (Å²) in [5, 5.41) is 48.2. The van der Waals surface area contributed by atoms with E-state index in [1.165, 1.54) is 4.90 Å². The van der Waals surface area contributed by atoms with Crippen LogP contribution in [0.25, 0.3) is 5.76 Å². The third-order valence-electron chi connectivity index (χ3n) is 8.66. The normalized spacial score (nSPS) is 24.9. The molecule has 0 aliphatic heterocycles. The second-order valence-electron chi connectivity index (χ2n) is 11.8. The molecular formula is C30H40N4O9. The molecular weight excluding hydrogens is 560 g/mol. The van der Waals surface area contributed by atoms with Crippen LogP contribution in [-0.4, -0.2) is 95.3 Å². The Morgan fingerprint density at radius 2 is 1.81 bits per heavy atom. The topological polar surface area (TPSA) is 203 Å². The number of hydrogen-bond acceptors (Lipinski definition) is 11. The highest BCUT2D eigenvalue weighted by Gasteiger charge is 2.64. The number of anilines is 1. The van der Waals surface area contributed by atoms with Gasteiger partial charge in [0.1, 0.15) is 22.8 Å². The number of fused-ring (bicyclic) bond motifs is 3. The van der Waals surface area contributed by atoms with E-state index in [4.69, 9.17) is 10.5 Å². The fraction of sp³-hybridized carbons (Fsp3) is 0.533. The number of phenolic OH excluding ortho intramolecular Hbond substituents is 1. The van der Waals surface area contributed by atoms with Gasteiger partial charge < -0.3 is 41.1 Å². The molecule has 3 aliphatic carbocycles. The third-order valence-corrected chi connectivity index (χ3v) is 8.66. The van der Waals surface area contributed by atoms with E-state index in [0.29, 0.717) is 11.3 Å². The second kappa shape index (κ2) is 11.9. The molecule has 0 spiro atoms. The highest BCUT2D eigenvalue weighted by atomic mass is 16.5. The van der Waals surface area contributed by atoms with Crippen molar-refractivity contribution in [2.75, 3.05) is 39.7 Å². The molecule has 234 valence electrons. The van der Waals surface area contributed by atoms with Gasteiger partial charge in [0.25, 0.3) is 5.91 Å². The molecule has 0 radical (unpaired) electrons. The van der Waals surface area contributed by atoms with Crippen molar-refractivity contribution in [3.63, 3.8) is 0 Å². The van der Waals surface area contributed by atoms with Gasteiger partial charge in [0, 0.05) is 43.4 Å². The maximum Gasteiger partial charge on any atom is 0.407 e. The average molecular weight is 601 g/mol. The number of Topliss-reactive ketones (excluding diaryl/α,β-unsaturated/α-hetero) is 2. The van der Waals surface area contributed by atoms with Crippen LogP contribution in [0, 0.1) is 11.8 Å². The number of amides is 2. The second-order valence-corrected chi connectivity index (χ2v) is 11.8. The van der Waals surface area contributed by atoms with Crippen molar-refractivity contribution < 1.29 is 44.3 Å². The molecule has 4 rings (SSSR count). The van der Waals surface area contributed by atoms with Gasteiger partial charge in [-0.2, -0.15) is 0 Å². The molecule has 0 heterocycles. The number of unbranched alkanes of at least 4 members (excludes halogenated alkanes) is 2.